The Morgan fingerprint density at radius 2 is 1.88 bits per heavy atom. The molecule has 2 aromatic rings. The molecule has 0 radical (unpaired) electrons. The highest BCUT2D eigenvalue weighted by Crippen LogP contribution is 2.17. The first-order valence-electron chi connectivity index (χ1n) is 7.72. The minimum absolute atomic E-state index is 0.0617. The van der Waals surface area contributed by atoms with E-state index in [1.54, 1.807) is 39.2 Å². The summed E-state index contributed by atoms with van der Waals surface area (Å²) >= 11 is 0. The SMILES string of the molecule is COCCNC(=O)Cc1ccc(NC(=O)c2cc(C)oc2C)cc1. The minimum Gasteiger partial charge on any atom is -0.466 e. The summed E-state index contributed by atoms with van der Waals surface area (Å²) in [4.78, 5) is 23.9. The summed E-state index contributed by atoms with van der Waals surface area (Å²) < 4.78 is 10.2. The summed E-state index contributed by atoms with van der Waals surface area (Å²) in [5, 5.41) is 5.58. The van der Waals surface area contributed by atoms with E-state index in [1.807, 2.05) is 12.1 Å². The summed E-state index contributed by atoms with van der Waals surface area (Å²) in [5.41, 5.74) is 2.06. The van der Waals surface area contributed by atoms with Crippen LogP contribution in [0.3, 0.4) is 0 Å². The van der Waals surface area contributed by atoms with E-state index in [-0.39, 0.29) is 18.2 Å². The molecule has 0 bridgehead atoms. The maximum Gasteiger partial charge on any atom is 0.259 e. The molecule has 2 amide bonds. The Kier molecular flexibility index (Phi) is 6.14. The number of rotatable bonds is 7. The van der Waals surface area contributed by atoms with Crippen LogP contribution in [0.1, 0.15) is 27.4 Å². The van der Waals surface area contributed by atoms with Crippen LogP contribution in [0.2, 0.25) is 0 Å². The molecule has 24 heavy (non-hydrogen) atoms. The average Bonchev–Trinajstić information content (AvgIpc) is 2.88. The van der Waals surface area contributed by atoms with Gasteiger partial charge in [0.25, 0.3) is 5.91 Å². The summed E-state index contributed by atoms with van der Waals surface area (Å²) in [7, 11) is 1.59. The highest BCUT2D eigenvalue weighted by molar-refractivity contribution is 6.05. The van der Waals surface area contributed by atoms with E-state index >= 15 is 0 Å². The maximum absolute atomic E-state index is 12.2. The molecule has 0 saturated heterocycles. The third-order valence-electron chi connectivity index (χ3n) is 3.49. The number of hydrogen-bond acceptors (Lipinski definition) is 4. The zero-order valence-electron chi connectivity index (χ0n) is 14.1. The quantitative estimate of drug-likeness (QED) is 0.764. The molecular formula is C18H22N2O4. The summed E-state index contributed by atoms with van der Waals surface area (Å²) in [6.45, 7) is 4.54. The van der Waals surface area contributed by atoms with Gasteiger partial charge in [-0.3, -0.25) is 9.59 Å². The fourth-order valence-electron chi connectivity index (χ4n) is 2.30. The number of hydrogen-bond donors (Lipinski definition) is 2. The molecule has 0 saturated carbocycles. The number of carbonyl (C=O) groups is 2. The molecule has 0 atom stereocenters. The van der Waals surface area contributed by atoms with Gasteiger partial charge in [0.1, 0.15) is 11.5 Å². The van der Waals surface area contributed by atoms with Crippen LogP contribution < -0.4 is 10.6 Å². The second kappa shape index (κ2) is 8.31. The normalized spacial score (nSPS) is 10.5. The number of ether oxygens (including phenoxy) is 1. The molecule has 0 aliphatic rings. The number of methoxy groups -OCH3 is 1. The van der Waals surface area contributed by atoms with Crippen LogP contribution in [0.15, 0.2) is 34.7 Å². The number of anilines is 1. The number of benzene rings is 1. The van der Waals surface area contributed by atoms with Gasteiger partial charge < -0.3 is 19.8 Å². The van der Waals surface area contributed by atoms with Gasteiger partial charge in [-0.25, -0.2) is 0 Å². The first-order chi connectivity index (χ1) is 11.5. The van der Waals surface area contributed by atoms with Crippen molar-refractivity contribution in [2.24, 2.45) is 0 Å². The predicted octanol–water partition coefficient (Wildman–Crippen LogP) is 2.45. The molecule has 6 heteroatoms. The van der Waals surface area contributed by atoms with Gasteiger partial charge >= 0.3 is 0 Å². The molecule has 0 aliphatic carbocycles. The Bertz CT molecular complexity index is 704. The highest BCUT2D eigenvalue weighted by atomic mass is 16.5. The van der Waals surface area contributed by atoms with Crippen LogP contribution in [0.25, 0.3) is 0 Å². The number of nitrogens with one attached hydrogen (secondary N) is 2. The van der Waals surface area contributed by atoms with Gasteiger partial charge in [0.2, 0.25) is 5.91 Å². The topological polar surface area (TPSA) is 80.6 Å². The monoisotopic (exact) mass is 330 g/mol. The minimum atomic E-state index is -0.214. The zero-order chi connectivity index (χ0) is 17.5. The van der Waals surface area contributed by atoms with E-state index in [0.717, 1.165) is 5.56 Å². The van der Waals surface area contributed by atoms with Crippen molar-refractivity contribution < 1.29 is 18.7 Å². The molecule has 2 rings (SSSR count). The van der Waals surface area contributed by atoms with Gasteiger partial charge in [-0.2, -0.15) is 0 Å². The smallest absolute Gasteiger partial charge is 0.259 e. The van der Waals surface area contributed by atoms with Crippen molar-refractivity contribution in [2.75, 3.05) is 25.6 Å². The van der Waals surface area contributed by atoms with E-state index in [1.165, 1.54) is 0 Å². The summed E-state index contributed by atoms with van der Waals surface area (Å²) in [6.07, 6.45) is 0.290. The Hall–Kier alpha value is -2.60. The molecule has 0 fully saturated rings. The van der Waals surface area contributed by atoms with Crippen molar-refractivity contribution in [1.82, 2.24) is 5.32 Å². The lowest BCUT2D eigenvalue weighted by Crippen LogP contribution is -2.28. The van der Waals surface area contributed by atoms with Gasteiger partial charge in [0.05, 0.1) is 18.6 Å². The van der Waals surface area contributed by atoms with Gasteiger partial charge in [0, 0.05) is 19.3 Å². The molecule has 0 unspecified atom stereocenters. The fraction of sp³-hybridized carbons (Fsp3) is 0.333. The van der Waals surface area contributed by atoms with Crippen LogP contribution in [-0.2, 0) is 16.0 Å². The van der Waals surface area contributed by atoms with Gasteiger partial charge in [-0.1, -0.05) is 12.1 Å². The second-order valence-electron chi connectivity index (χ2n) is 5.50. The number of amides is 2. The predicted molar refractivity (Wildman–Crippen MR) is 91.2 cm³/mol. The Labute approximate surface area is 141 Å². The Morgan fingerprint density at radius 3 is 2.46 bits per heavy atom. The molecule has 0 aliphatic heterocycles. The van der Waals surface area contributed by atoms with Crippen LogP contribution in [0, 0.1) is 13.8 Å². The molecule has 1 heterocycles. The van der Waals surface area contributed by atoms with E-state index in [4.69, 9.17) is 9.15 Å². The van der Waals surface area contributed by atoms with Crippen LogP contribution in [0.4, 0.5) is 5.69 Å². The number of furan rings is 1. The lowest BCUT2D eigenvalue weighted by Gasteiger charge is -2.07. The third-order valence-corrected chi connectivity index (χ3v) is 3.49. The van der Waals surface area contributed by atoms with Gasteiger partial charge in [0.15, 0.2) is 0 Å². The molecule has 1 aromatic carbocycles. The number of carbonyl (C=O) groups excluding carboxylic acids is 2. The van der Waals surface area contributed by atoms with Crippen molar-refractivity contribution >= 4 is 17.5 Å². The van der Waals surface area contributed by atoms with Crippen LogP contribution in [0.5, 0.6) is 0 Å². The largest absolute Gasteiger partial charge is 0.466 e. The molecule has 128 valence electrons. The van der Waals surface area contributed by atoms with Gasteiger partial charge in [-0.05, 0) is 37.6 Å². The zero-order valence-corrected chi connectivity index (χ0v) is 14.1. The molecule has 2 N–H and O–H groups in total. The second-order valence-corrected chi connectivity index (χ2v) is 5.50. The third kappa shape index (κ3) is 4.96. The van der Waals surface area contributed by atoms with E-state index < -0.39 is 0 Å². The fourth-order valence-corrected chi connectivity index (χ4v) is 2.30. The van der Waals surface area contributed by atoms with Crippen molar-refractivity contribution in [3.8, 4) is 0 Å². The maximum atomic E-state index is 12.2. The average molecular weight is 330 g/mol. The molecule has 6 nitrogen and oxygen atoms in total. The van der Waals surface area contributed by atoms with Crippen molar-refractivity contribution in [3.63, 3.8) is 0 Å². The van der Waals surface area contributed by atoms with Gasteiger partial charge in [-0.15, -0.1) is 0 Å². The summed E-state index contributed by atoms with van der Waals surface area (Å²) in [6, 6.07) is 8.90. The Balaban J connectivity index is 1.91. The van der Waals surface area contributed by atoms with E-state index in [0.29, 0.717) is 35.9 Å². The van der Waals surface area contributed by atoms with Crippen molar-refractivity contribution in [2.45, 2.75) is 20.3 Å². The van der Waals surface area contributed by atoms with Crippen LogP contribution in [-0.4, -0.2) is 32.1 Å². The molecular weight excluding hydrogens is 308 g/mol. The van der Waals surface area contributed by atoms with Crippen molar-refractivity contribution in [3.05, 3.63) is 53.0 Å². The van der Waals surface area contributed by atoms with E-state index in [9.17, 15) is 9.59 Å². The summed E-state index contributed by atoms with van der Waals surface area (Å²) in [5.74, 6) is 1.02. The Morgan fingerprint density at radius 1 is 1.17 bits per heavy atom. The first-order valence-corrected chi connectivity index (χ1v) is 7.72. The highest BCUT2D eigenvalue weighted by Gasteiger charge is 2.13. The molecule has 0 spiro atoms. The van der Waals surface area contributed by atoms with Crippen LogP contribution >= 0.6 is 0 Å². The standard InChI is InChI=1S/C18H22N2O4/c1-12-10-16(13(2)24-12)18(22)20-15-6-4-14(5-7-15)11-17(21)19-8-9-23-3/h4-7,10H,8-9,11H2,1-3H3,(H,19,21)(H,20,22). The first kappa shape index (κ1) is 17.7. The number of aryl methyl sites for hydroxylation is 2. The molecule has 1 aromatic heterocycles. The van der Waals surface area contributed by atoms with Crippen molar-refractivity contribution in [1.29, 1.82) is 0 Å². The lowest BCUT2D eigenvalue weighted by molar-refractivity contribution is -0.120. The lowest BCUT2D eigenvalue weighted by atomic mass is 10.1. The van der Waals surface area contributed by atoms with E-state index in [2.05, 4.69) is 10.6 Å².